The number of hydrogen-bond acceptors (Lipinski definition) is 2. The molecule has 3 rings (SSSR count). The molecule has 0 spiro atoms. The maximum Gasteiger partial charge on any atom is 0.129 e. The molecule has 20 heavy (non-hydrogen) atoms. The highest BCUT2D eigenvalue weighted by Crippen LogP contribution is 2.35. The lowest BCUT2D eigenvalue weighted by atomic mass is 9.93. The van der Waals surface area contributed by atoms with Gasteiger partial charge in [0, 0.05) is 30.3 Å². The Morgan fingerprint density at radius 3 is 2.95 bits per heavy atom. The molecule has 4 heteroatoms. The summed E-state index contributed by atoms with van der Waals surface area (Å²) in [6.07, 6.45) is 2.88. The Hall–Kier alpha value is -1.81. The Bertz CT molecular complexity index is 630. The van der Waals surface area contributed by atoms with Crippen LogP contribution in [0.25, 0.3) is 0 Å². The molecule has 2 aromatic rings. The third-order valence-electron chi connectivity index (χ3n) is 3.91. The van der Waals surface area contributed by atoms with Crippen LogP contribution in [0.1, 0.15) is 29.2 Å². The Morgan fingerprint density at radius 2 is 2.15 bits per heavy atom. The highest BCUT2D eigenvalue weighted by atomic mass is 19.1. The first-order valence-corrected chi connectivity index (χ1v) is 6.71. The Morgan fingerprint density at radius 1 is 1.30 bits per heavy atom. The summed E-state index contributed by atoms with van der Waals surface area (Å²) in [5.41, 5.74) is 2.39. The van der Waals surface area contributed by atoms with Gasteiger partial charge in [0.1, 0.15) is 11.6 Å². The summed E-state index contributed by atoms with van der Waals surface area (Å²) >= 11 is 0. The van der Waals surface area contributed by atoms with Gasteiger partial charge in [-0.1, -0.05) is 12.1 Å². The van der Waals surface area contributed by atoms with Crippen molar-refractivity contribution in [3.05, 3.63) is 65.0 Å². The van der Waals surface area contributed by atoms with Crippen molar-refractivity contribution in [2.24, 2.45) is 0 Å². The van der Waals surface area contributed by atoms with Crippen LogP contribution in [0.4, 0.5) is 8.78 Å². The predicted octanol–water partition coefficient (Wildman–Crippen LogP) is 2.99. The minimum atomic E-state index is -0.703. The van der Waals surface area contributed by atoms with Gasteiger partial charge in [0.15, 0.2) is 0 Å². The third-order valence-corrected chi connectivity index (χ3v) is 3.91. The lowest BCUT2D eigenvalue weighted by Crippen LogP contribution is -2.20. The van der Waals surface area contributed by atoms with E-state index in [4.69, 9.17) is 0 Å². The van der Waals surface area contributed by atoms with Gasteiger partial charge in [-0.2, -0.15) is 0 Å². The van der Waals surface area contributed by atoms with Crippen molar-refractivity contribution in [3.8, 4) is 0 Å². The smallest absolute Gasteiger partial charge is 0.129 e. The number of rotatable bonds is 3. The van der Waals surface area contributed by atoms with E-state index in [1.54, 1.807) is 6.20 Å². The van der Waals surface area contributed by atoms with Crippen molar-refractivity contribution in [1.29, 1.82) is 0 Å². The second-order valence-electron chi connectivity index (χ2n) is 5.20. The Kier molecular flexibility index (Phi) is 3.49. The average Bonchev–Trinajstić information content (AvgIpc) is 2.86. The molecule has 0 fully saturated rings. The lowest BCUT2D eigenvalue weighted by molar-refractivity contribution is 0.140. The highest BCUT2D eigenvalue weighted by Gasteiger charge is 2.30. The number of benzene rings is 1. The molecule has 104 valence electrons. The molecule has 2 atom stereocenters. The number of hydrogen-bond donors (Lipinski definition) is 1. The maximum absolute atomic E-state index is 13.6. The zero-order valence-electron chi connectivity index (χ0n) is 10.9. The van der Waals surface area contributed by atoms with E-state index >= 15 is 0 Å². The second kappa shape index (κ2) is 5.29. The van der Waals surface area contributed by atoms with Gasteiger partial charge in [-0.25, -0.2) is 8.78 Å². The molecule has 0 radical (unpaired) electrons. The van der Waals surface area contributed by atoms with Crippen LogP contribution in [-0.2, 0) is 12.8 Å². The molecule has 2 nitrogen and oxygen atoms in total. The van der Waals surface area contributed by atoms with E-state index in [1.807, 2.05) is 12.1 Å². The van der Waals surface area contributed by atoms with Gasteiger partial charge in [0.05, 0.1) is 6.10 Å². The molecule has 2 unspecified atom stereocenters. The lowest BCUT2D eigenvalue weighted by Gasteiger charge is -2.18. The van der Waals surface area contributed by atoms with Crippen molar-refractivity contribution in [3.63, 3.8) is 0 Å². The Balaban J connectivity index is 1.79. The van der Waals surface area contributed by atoms with E-state index in [-0.39, 0.29) is 12.3 Å². The van der Waals surface area contributed by atoms with Crippen molar-refractivity contribution >= 4 is 0 Å². The van der Waals surface area contributed by atoms with Gasteiger partial charge >= 0.3 is 0 Å². The first kappa shape index (κ1) is 13.2. The summed E-state index contributed by atoms with van der Waals surface area (Å²) in [4.78, 5) is 4.33. The van der Waals surface area contributed by atoms with Crippen molar-refractivity contribution < 1.29 is 13.9 Å². The largest absolute Gasteiger partial charge is 0.392 e. The molecule has 0 saturated heterocycles. The molecule has 0 amide bonds. The standard InChI is InChI=1S/C16H15F2NO/c17-12-5-3-11(14(18)9-12)8-15(20)13-6-4-10-2-1-7-19-16(10)13/h1-3,5,7,9,13,15,20H,4,6,8H2. The van der Waals surface area contributed by atoms with E-state index < -0.39 is 17.7 Å². The quantitative estimate of drug-likeness (QED) is 0.934. The van der Waals surface area contributed by atoms with Crippen LogP contribution in [0.15, 0.2) is 36.5 Å². The monoisotopic (exact) mass is 275 g/mol. The van der Waals surface area contributed by atoms with E-state index in [0.717, 1.165) is 30.2 Å². The van der Waals surface area contributed by atoms with Crippen LogP contribution >= 0.6 is 0 Å². The van der Waals surface area contributed by atoms with Crippen LogP contribution in [0, 0.1) is 11.6 Å². The topological polar surface area (TPSA) is 33.1 Å². The number of pyridine rings is 1. The molecule has 1 aliphatic rings. The number of halogens is 2. The van der Waals surface area contributed by atoms with Crippen molar-refractivity contribution in [2.75, 3.05) is 0 Å². The van der Waals surface area contributed by atoms with Gasteiger partial charge < -0.3 is 5.11 Å². The summed E-state index contributed by atoms with van der Waals surface area (Å²) in [6.45, 7) is 0. The normalized spacial score (nSPS) is 18.9. The average molecular weight is 275 g/mol. The van der Waals surface area contributed by atoms with Crippen molar-refractivity contribution in [1.82, 2.24) is 4.98 Å². The molecule has 1 N–H and O–H groups in total. The fraction of sp³-hybridized carbons (Fsp3) is 0.312. The zero-order valence-corrected chi connectivity index (χ0v) is 10.9. The summed E-state index contributed by atoms with van der Waals surface area (Å²) in [5.74, 6) is -1.28. The number of aryl methyl sites for hydroxylation is 1. The molecule has 0 aliphatic heterocycles. The predicted molar refractivity (Wildman–Crippen MR) is 71.4 cm³/mol. The van der Waals surface area contributed by atoms with Crippen LogP contribution in [0.5, 0.6) is 0 Å². The van der Waals surface area contributed by atoms with E-state index in [1.165, 1.54) is 12.1 Å². The minimum Gasteiger partial charge on any atom is -0.392 e. The molecular formula is C16H15F2NO. The highest BCUT2D eigenvalue weighted by molar-refractivity contribution is 5.30. The first-order valence-electron chi connectivity index (χ1n) is 6.71. The molecule has 1 aliphatic carbocycles. The third kappa shape index (κ3) is 2.43. The van der Waals surface area contributed by atoms with Gasteiger partial charge in [0.25, 0.3) is 0 Å². The molecule has 0 bridgehead atoms. The van der Waals surface area contributed by atoms with E-state index in [0.29, 0.717) is 5.56 Å². The summed E-state index contributed by atoms with van der Waals surface area (Å²) < 4.78 is 26.5. The van der Waals surface area contributed by atoms with Crippen LogP contribution in [0.2, 0.25) is 0 Å². The fourth-order valence-corrected chi connectivity index (χ4v) is 2.87. The molecule has 1 heterocycles. The number of aromatic nitrogens is 1. The van der Waals surface area contributed by atoms with E-state index in [9.17, 15) is 13.9 Å². The van der Waals surface area contributed by atoms with Gasteiger partial charge in [-0.3, -0.25) is 4.98 Å². The number of fused-ring (bicyclic) bond motifs is 1. The maximum atomic E-state index is 13.6. The van der Waals surface area contributed by atoms with Crippen LogP contribution in [0.3, 0.4) is 0 Å². The van der Waals surface area contributed by atoms with E-state index in [2.05, 4.69) is 4.98 Å². The van der Waals surface area contributed by atoms with Crippen molar-refractivity contribution in [2.45, 2.75) is 31.3 Å². The molecule has 1 aromatic heterocycles. The molecule has 1 aromatic carbocycles. The number of aliphatic hydroxyl groups excluding tert-OH is 1. The fourth-order valence-electron chi connectivity index (χ4n) is 2.87. The number of aliphatic hydroxyl groups is 1. The molecule has 0 saturated carbocycles. The summed E-state index contributed by atoms with van der Waals surface area (Å²) in [5, 5.41) is 10.3. The SMILES string of the molecule is OC(Cc1ccc(F)cc1F)C1CCc2cccnc21. The minimum absolute atomic E-state index is 0.0735. The van der Waals surface area contributed by atoms with Gasteiger partial charge in [-0.05, 0) is 36.1 Å². The Labute approximate surface area is 116 Å². The molecular weight excluding hydrogens is 260 g/mol. The second-order valence-corrected chi connectivity index (χ2v) is 5.20. The van der Waals surface area contributed by atoms with Crippen LogP contribution < -0.4 is 0 Å². The van der Waals surface area contributed by atoms with Crippen LogP contribution in [-0.4, -0.2) is 16.2 Å². The summed E-state index contributed by atoms with van der Waals surface area (Å²) in [6, 6.07) is 7.35. The zero-order chi connectivity index (χ0) is 14.1. The first-order chi connectivity index (χ1) is 9.65. The summed E-state index contributed by atoms with van der Waals surface area (Å²) in [7, 11) is 0. The van der Waals surface area contributed by atoms with Gasteiger partial charge in [0.2, 0.25) is 0 Å². The van der Waals surface area contributed by atoms with Gasteiger partial charge in [-0.15, -0.1) is 0 Å². The number of nitrogens with zero attached hydrogens (tertiary/aromatic N) is 1.